The van der Waals surface area contributed by atoms with Crippen molar-refractivity contribution in [2.45, 2.75) is 83.7 Å². The Morgan fingerprint density at radius 1 is 0.920 bits per heavy atom. The maximum Gasteiger partial charge on any atom is 0.293 e. The zero-order chi connectivity index (χ0) is 17.5. The molecular weight excluding hydrogens is 308 g/mol. The van der Waals surface area contributed by atoms with E-state index in [1.165, 1.54) is 69.8 Å². The van der Waals surface area contributed by atoms with Crippen LogP contribution in [-0.2, 0) is 16.1 Å². The van der Waals surface area contributed by atoms with E-state index in [0.29, 0.717) is 13.1 Å². The minimum atomic E-state index is 0.386. The molecule has 2 aliphatic rings. The molecule has 0 aromatic heterocycles. The normalized spacial score (nSPS) is 30.0. The second kappa shape index (κ2) is 9.40. The van der Waals surface area contributed by atoms with Gasteiger partial charge in [-0.2, -0.15) is 0 Å². The van der Waals surface area contributed by atoms with Crippen LogP contribution < -0.4 is 0 Å². The molecule has 25 heavy (non-hydrogen) atoms. The fourth-order valence-corrected chi connectivity index (χ4v) is 5.30. The van der Waals surface area contributed by atoms with Gasteiger partial charge in [-0.25, -0.2) is 0 Å². The van der Waals surface area contributed by atoms with Crippen LogP contribution in [0.25, 0.3) is 0 Å². The van der Waals surface area contributed by atoms with Crippen molar-refractivity contribution in [2.24, 2.45) is 17.8 Å². The van der Waals surface area contributed by atoms with Crippen LogP contribution in [0.15, 0.2) is 24.3 Å². The zero-order valence-corrected chi connectivity index (χ0v) is 15.8. The van der Waals surface area contributed by atoms with Crippen molar-refractivity contribution in [3.05, 3.63) is 35.4 Å². The van der Waals surface area contributed by atoms with Crippen LogP contribution in [0.4, 0.5) is 0 Å². The molecule has 0 bridgehead atoms. The van der Waals surface area contributed by atoms with E-state index in [4.69, 9.17) is 4.74 Å². The number of rotatable bonds is 7. The van der Waals surface area contributed by atoms with Gasteiger partial charge in [-0.15, -0.1) is 0 Å². The van der Waals surface area contributed by atoms with E-state index in [1.54, 1.807) is 0 Å². The molecular formula is C23H34O2. The topological polar surface area (TPSA) is 26.3 Å². The summed E-state index contributed by atoms with van der Waals surface area (Å²) in [5.74, 6) is 3.75. The molecule has 2 aliphatic carbocycles. The van der Waals surface area contributed by atoms with Gasteiger partial charge in [0.15, 0.2) is 0 Å². The third kappa shape index (κ3) is 5.09. The second-order valence-corrected chi connectivity index (χ2v) is 8.33. The van der Waals surface area contributed by atoms with Crippen molar-refractivity contribution in [3.8, 4) is 0 Å². The molecule has 0 unspecified atom stereocenters. The molecule has 2 saturated carbocycles. The van der Waals surface area contributed by atoms with Gasteiger partial charge < -0.3 is 4.74 Å². The molecule has 0 amide bonds. The lowest BCUT2D eigenvalue weighted by molar-refractivity contribution is -0.129. The van der Waals surface area contributed by atoms with Crippen molar-refractivity contribution >= 4 is 6.47 Å². The van der Waals surface area contributed by atoms with Gasteiger partial charge in [0.25, 0.3) is 6.47 Å². The van der Waals surface area contributed by atoms with Gasteiger partial charge in [0.2, 0.25) is 0 Å². The van der Waals surface area contributed by atoms with Crippen LogP contribution >= 0.6 is 0 Å². The summed E-state index contributed by atoms with van der Waals surface area (Å²) in [6.07, 6.45) is 14.3. The van der Waals surface area contributed by atoms with Gasteiger partial charge in [0.05, 0.1) is 0 Å². The van der Waals surface area contributed by atoms with Crippen molar-refractivity contribution in [1.29, 1.82) is 0 Å². The molecule has 0 radical (unpaired) electrons. The van der Waals surface area contributed by atoms with Crippen LogP contribution in [0, 0.1) is 17.8 Å². The summed E-state index contributed by atoms with van der Waals surface area (Å²) >= 11 is 0. The Kier molecular flexibility index (Phi) is 6.95. The van der Waals surface area contributed by atoms with E-state index in [0.717, 1.165) is 29.2 Å². The molecule has 0 N–H and O–H groups in total. The number of carbonyl (C=O) groups is 1. The molecule has 3 rings (SSSR count). The molecule has 2 fully saturated rings. The number of ether oxygens (including phenoxy) is 1. The Morgan fingerprint density at radius 3 is 2.08 bits per heavy atom. The Labute approximate surface area is 153 Å². The second-order valence-electron chi connectivity index (χ2n) is 8.33. The van der Waals surface area contributed by atoms with E-state index in [-0.39, 0.29) is 0 Å². The van der Waals surface area contributed by atoms with Gasteiger partial charge in [-0.3, -0.25) is 4.79 Å². The van der Waals surface area contributed by atoms with Crippen LogP contribution in [0.2, 0.25) is 0 Å². The Bertz CT molecular complexity index is 505. The molecule has 0 heterocycles. The molecule has 2 nitrogen and oxygen atoms in total. The maximum atomic E-state index is 10.3. The molecule has 138 valence electrons. The summed E-state index contributed by atoms with van der Waals surface area (Å²) in [6, 6.07) is 8.70. The highest BCUT2D eigenvalue weighted by atomic mass is 16.5. The Balaban J connectivity index is 1.45. The lowest BCUT2D eigenvalue weighted by Gasteiger charge is -2.38. The third-order valence-corrected chi connectivity index (χ3v) is 6.80. The van der Waals surface area contributed by atoms with Gasteiger partial charge in [0, 0.05) is 0 Å². The summed E-state index contributed by atoms with van der Waals surface area (Å²) < 4.78 is 4.83. The van der Waals surface area contributed by atoms with Gasteiger partial charge in [-0.1, -0.05) is 56.9 Å². The summed E-state index contributed by atoms with van der Waals surface area (Å²) in [7, 11) is 0. The number of hydrogen-bond acceptors (Lipinski definition) is 2. The number of hydrogen-bond donors (Lipinski definition) is 0. The maximum absolute atomic E-state index is 10.3. The molecule has 0 spiro atoms. The molecule has 1 aromatic carbocycles. The number of benzene rings is 1. The molecule has 0 atom stereocenters. The SMILES string of the molecule is CCCC1CCC(C2CCC(c3ccc(COC=O)cc3)CC2)CC1. The summed E-state index contributed by atoms with van der Waals surface area (Å²) in [4.78, 5) is 10.3. The average Bonchev–Trinajstić information content (AvgIpc) is 2.68. The lowest BCUT2D eigenvalue weighted by Crippen LogP contribution is -2.25. The highest BCUT2D eigenvalue weighted by Gasteiger charge is 2.30. The van der Waals surface area contributed by atoms with Crippen molar-refractivity contribution in [1.82, 2.24) is 0 Å². The minimum Gasteiger partial charge on any atom is -0.463 e. The molecule has 0 aliphatic heterocycles. The monoisotopic (exact) mass is 342 g/mol. The largest absolute Gasteiger partial charge is 0.463 e. The van der Waals surface area contributed by atoms with Crippen LogP contribution in [-0.4, -0.2) is 6.47 Å². The van der Waals surface area contributed by atoms with Crippen molar-refractivity contribution in [3.63, 3.8) is 0 Å². The number of carbonyl (C=O) groups excluding carboxylic acids is 1. The van der Waals surface area contributed by atoms with Crippen molar-refractivity contribution in [2.75, 3.05) is 0 Å². The predicted octanol–water partition coefficient (Wildman–Crippen LogP) is 6.24. The first-order valence-corrected chi connectivity index (χ1v) is 10.4. The molecule has 0 saturated heterocycles. The van der Waals surface area contributed by atoms with Crippen LogP contribution in [0.5, 0.6) is 0 Å². The first kappa shape index (κ1) is 18.5. The first-order chi connectivity index (χ1) is 12.3. The van der Waals surface area contributed by atoms with Crippen LogP contribution in [0.3, 0.4) is 0 Å². The van der Waals surface area contributed by atoms with Crippen molar-refractivity contribution < 1.29 is 9.53 Å². The van der Waals surface area contributed by atoms with Gasteiger partial charge in [-0.05, 0) is 73.3 Å². The van der Waals surface area contributed by atoms with Crippen LogP contribution in [0.1, 0.15) is 88.2 Å². The zero-order valence-electron chi connectivity index (χ0n) is 15.8. The minimum absolute atomic E-state index is 0.386. The summed E-state index contributed by atoms with van der Waals surface area (Å²) in [5.41, 5.74) is 2.55. The third-order valence-electron chi connectivity index (χ3n) is 6.80. The molecule has 2 heteroatoms. The van der Waals surface area contributed by atoms with E-state index in [1.807, 2.05) is 0 Å². The summed E-state index contributed by atoms with van der Waals surface area (Å²) in [5, 5.41) is 0. The fraction of sp³-hybridized carbons (Fsp3) is 0.696. The first-order valence-electron chi connectivity index (χ1n) is 10.4. The molecule has 1 aromatic rings. The lowest BCUT2D eigenvalue weighted by atomic mass is 9.68. The Morgan fingerprint density at radius 2 is 1.52 bits per heavy atom. The van der Waals surface area contributed by atoms with E-state index in [2.05, 4.69) is 31.2 Å². The fourth-order valence-electron chi connectivity index (χ4n) is 5.30. The quantitative estimate of drug-likeness (QED) is 0.548. The highest BCUT2D eigenvalue weighted by Crippen LogP contribution is 2.44. The Hall–Kier alpha value is -1.31. The van der Waals surface area contributed by atoms with E-state index in [9.17, 15) is 4.79 Å². The van der Waals surface area contributed by atoms with E-state index < -0.39 is 0 Å². The van der Waals surface area contributed by atoms with E-state index >= 15 is 0 Å². The van der Waals surface area contributed by atoms with Gasteiger partial charge in [0.1, 0.15) is 6.61 Å². The highest BCUT2D eigenvalue weighted by molar-refractivity contribution is 5.37. The van der Waals surface area contributed by atoms with Gasteiger partial charge >= 0.3 is 0 Å². The predicted molar refractivity (Wildman–Crippen MR) is 102 cm³/mol. The summed E-state index contributed by atoms with van der Waals surface area (Å²) in [6.45, 7) is 3.23. The standard InChI is InChI=1S/C23H34O2/c1-2-3-18-4-8-20(9-5-18)22-12-14-23(15-13-22)21-10-6-19(7-11-21)16-25-17-24/h6-7,10-11,17-18,20,22-23H,2-5,8-9,12-16H2,1H3. The smallest absolute Gasteiger partial charge is 0.293 e. The average molecular weight is 343 g/mol.